The lowest BCUT2D eigenvalue weighted by Crippen LogP contribution is -2.43. The molecule has 6 nitrogen and oxygen atoms in total. The maximum atomic E-state index is 12.1. The van der Waals surface area contributed by atoms with E-state index in [4.69, 9.17) is 14.4 Å². The van der Waals surface area contributed by atoms with E-state index < -0.39 is 11.7 Å². The Bertz CT molecular complexity index is 741. The van der Waals surface area contributed by atoms with Crippen molar-refractivity contribution in [3.05, 3.63) is 53.5 Å². The van der Waals surface area contributed by atoms with Crippen LogP contribution in [0.2, 0.25) is 0 Å². The first kappa shape index (κ1) is 17.6. The van der Waals surface area contributed by atoms with Gasteiger partial charge < -0.3 is 19.6 Å². The Morgan fingerprint density at radius 3 is 2.58 bits per heavy atom. The number of benzene rings is 1. The molecule has 0 saturated carbocycles. The molecule has 1 aromatic heterocycles. The molecule has 2 atom stereocenters. The summed E-state index contributed by atoms with van der Waals surface area (Å²) in [7, 11) is 0. The van der Waals surface area contributed by atoms with Gasteiger partial charge in [-0.15, -0.1) is 0 Å². The fourth-order valence-electron chi connectivity index (χ4n) is 2.08. The molecular weight excluding hydrogens is 308 g/mol. The molecule has 2 aromatic rings. The first-order valence-corrected chi connectivity index (χ1v) is 7.55. The highest BCUT2D eigenvalue weighted by molar-refractivity contribution is 5.80. The maximum absolute atomic E-state index is 12.1. The zero-order valence-electron chi connectivity index (χ0n) is 13.9. The topological polar surface area (TPSA) is 95.5 Å². The Kier molecular flexibility index (Phi) is 5.27. The number of ether oxygens (including phenoxy) is 1. The Hall–Kier alpha value is -2.78. The van der Waals surface area contributed by atoms with Crippen LogP contribution in [0.1, 0.15) is 30.9 Å². The molecule has 24 heavy (non-hydrogen) atoms. The second-order valence-electron chi connectivity index (χ2n) is 5.80. The first-order valence-electron chi connectivity index (χ1n) is 7.55. The van der Waals surface area contributed by atoms with Crippen LogP contribution in [-0.4, -0.2) is 23.7 Å². The molecule has 0 aliphatic rings. The quantitative estimate of drug-likeness (QED) is 0.848. The van der Waals surface area contributed by atoms with Gasteiger partial charge in [0.05, 0.1) is 18.2 Å². The van der Waals surface area contributed by atoms with Gasteiger partial charge >= 0.3 is 0 Å². The Balaban J connectivity index is 1.90. The summed E-state index contributed by atoms with van der Waals surface area (Å²) >= 11 is 0. The van der Waals surface area contributed by atoms with Crippen molar-refractivity contribution < 1.29 is 19.1 Å². The van der Waals surface area contributed by atoms with Crippen LogP contribution in [0.4, 0.5) is 0 Å². The number of aryl methyl sites for hydroxylation is 1. The van der Waals surface area contributed by atoms with Crippen molar-refractivity contribution in [2.75, 3.05) is 6.54 Å². The molecule has 1 amide bonds. The average Bonchev–Trinajstić information content (AvgIpc) is 3.00. The fourth-order valence-corrected chi connectivity index (χ4v) is 2.08. The second-order valence-corrected chi connectivity index (χ2v) is 5.80. The number of hydrogen-bond acceptors (Lipinski definition) is 5. The number of furan rings is 1. The zero-order valence-corrected chi connectivity index (χ0v) is 13.9. The van der Waals surface area contributed by atoms with Gasteiger partial charge in [0.25, 0.3) is 5.91 Å². The van der Waals surface area contributed by atoms with E-state index in [1.165, 1.54) is 0 Å². The molecule has 0 radical (unpaired) electrons. The highest BCUT2D eigenvalue weighted by Gasteiger charge is 2.28. The summed E-state index contributed by atoms with van der Waals surface area (Å²) in [4.78, 5) is 12.1. The molecule has 2 rings (SSSR count). The van der Waals surface area contributed by atoms with Gasteiger partial charge in [-0.05, 0) is 57.2 Å². The Morgan fingerprint density at radius 2 is 2.04 bits per heavy atom. The van der Waals surface area contributed by atoms with Crippen LogP contribution in [0.5, 0.6) is 5.75 Å². The van der Waals surface area contributed by atoms with Gasteiger partial charge in [0.1, 0.15) is 22.9 Å². The smallest absolute Gasteiger partial charge is 0.260 e. The van der Waals surface area contributed by atoms with Crippen molar-refractivity contribution in [1.29, 1.82) is 5.26 Å². The summed E-state index contributed by atoms with van der Waals surface area (Å²) in [5.74, 6) is 1.21. The summed E-state index contributed by atoms with van der Waals surface area (Å²) in [5.41, 5.74) is -0.790. The highest BCUT2D eigenvalue weighted by atomic mass is 16.5. The van der Waals surface area contributed by atoms with Gasteiger partial charge in [0, 0.05) is 0 Å². The molecule has 2 N–H and O–H groups in total. The molecule has 0 aliphatic heterocycles. The van der Waals surface area contributed by atoms with Gasteiger partial charge in [0.15, 0.2) is 6.10 Å². The van der Waals surface area contributed by atoms with Gasteiger partial charge in [-0.3, -0.25) is 4.79 Å². The van der Waals surface area contributed by atoms with Gasteiger partial charge in [-0.2, -0.15) is 5.26 Å². The minimum absolute atomic E-state index is 0.000142. The van der Waals surface area contributed by atoms with Crippen molar-refractivity contribution in [2.24, 2.45) is 0 Å². The molecule has 6 heteroatoms. The van der Waals surface area contributed by atoms with Crippen LogP contribution >= 0.6 is 0 Å². The number of carbonyl (C=O) groups excluding carboxylic acids is 1. The average molecular weight is 328 g/mol. The van der Waals surface area contributed by atoms with Gasteiger partial charge in [0.2, 0.25) is 0 Å². The van der Waals surface area contributed by atoms with Crippen LogP contribution in [0.3, 0.4) is 0 Å². The number of nitrogens with zero attached hydrogens (tertiary/aromatic N) is 1. The Labute approximate surface area is 140 Å². The predicted octanol–water partition coefficient (Wildman–Crippen LogP) is 2.25. The van der Waals surface area contributed by atoms with Crippen LogP contribution in [0.15, 0.2) is 40.8 Å². The standard InChI is InChI=1S/C18H20N2O4/c1-12-4-9-16(23-12)18(3,22)11-20-17(21)13(2)24-15-7-5-14(10-19)6-8-15/h4-9,13,22H,11H2,1-3H3,(H,20,21). The number of amides is 1. The van der Waals surface area contributed by atoms with E-state index in [0.29, 0.717) is 22.8 Å². The third-order valence-electron chi connectivity index (χ3n) is 3.54. The van der Waals surface area contributed by atoms with Crippen molar-refractivity contribution in [2.45, 2.75) is 32.5 Å². The van der Waals surface area contributed by atoms with Gasteiger partial charge in [-0.1, -0.05) is 0 Å². The summed E-state index contributed by atoms with van der Waals surface area (Å²) < 4.78 is 10.9. The number of rotatable bonds is 6. The van der Waals surface area contributed by atoms with E-state index in [2.05, 4.69) is 5.32 Å². The number of nitriles is 1. The molecule has 2 unspecified atom stereocenters. The number of hydrogen-bond donors (Lipinski definition) is 2. The van der Waals surface area contributed by atoms with Crippen LogP contribution < -0.4 is 10.1 Å². The van der Waals surface area contributed by atoms with Crippen molar-refractivity contribution in [1.82, 2.24) is 5.32 Å². The fraction of sp³-hybridized carbons (Fsp3) is 0.333. The van der Waals surface area contributed by atoms with E-state index >= 15 is 0 Å². The van der Waals surface area contributed by atoms with Crippen LogP contribution in [-0.2, 0) is 10.4 Å². The maximum Gasteiger partial charge on any atom is 0.260 e. The summed E-state index contributed by atoms with van der Waals surface area (Å²) in [6.45, 7) is 4.96. The minimum atomic E-state index is -1.31. The normalized spacial score (nSPS) is 14.3. The molecule has 0 fully saturated rings. The lowest BCUT2D eigenvalue weighted by Gasteiger charge is -2.22. The third kappa shape index (κ3) is 4.37. The van der Waals surface area contributed by atoms with E-state index in [-0.39, 0.29) is 12.5 Å². The summed E-state index contributed by atoms with van der Waals surface area (Å²) in [6, 6.07) is 11.9. The Morgan fingerprint density at radius 1 is 1.38 bits per heavy atom. The lowest BCUT2D eigenvalue weighted by molar-refractivity contribution is -0.128. The third-order valence-corrected chi connectivity index (χ3v) is 3.54. The van der Waals surface area contributed by atoms with Crippen LogP contribution in [0, 0.1) is 18.3 Å². The van der Waals surface area contributed by atoms with E-state index in [1.54, 1.807) is 57.2 Å². The predicted molar refractivity (Wildman–Crippen MR) is 87.3 cm³/mol. The van der Waals surface area contributed by atoms with E-state index in [9.17, 15) is 9.90 Å². The first-order chi connectivity index (χ1) is 11.3. The largest absolute Gasteiger partial charge is 0.481 e. The molecule has 0 spiro atoms. The molecule has 126 valence electrons. The second kappa shape index (κ2) is 7.20. The van der Waals surface area contributed by atoms with Crippen molar-refractivity contribution in [3.63, 3.8) is 0 Å². The summed E-state index contributed by atoms with van der Waals surface area (Å²) in [6.07, 6.45) is -0.743. The molecule has 0 bridgehead atoms. The van der Waals surface area contributed by atoms with E-state index in [1.807, 2.05) is 6.07 Å². The molecular formula is C18H20N2O4. The number of nitrogens with one attached hydrogen (secondary N) is 1. The van der Waals surface area contributed by atoms with E-state index in [0.717, 1.165) is 0 Å². The zero-order chi connectivity index (χ0) is 17.7. The minimum Gasteiger partial charge on any atom is -0.481 e. The number of aliphatic hydroxyl groups is 1. The molecule has 1 heterocycles. The molecule has 1 aromatic carbocycles. The lowest BCUT2D eigenvalue weighted by atomic mass is 10.0. The molecule has 0 aliphatic carbocycles. The number of carbonyl (C=O) groups is 1. The molecule has 0 saturated heterocycles. The van der Waals surface area contributed by atoms with Crippen molar-refractivity contribution in [3.8, 4) is 11.8 Å². The monoisotopic (exact) mass is 328 g/mol. The van der Waals surface area contributed by atoms with Gasteiger partial charge in [-0.25, -0.2) is 0 Å². The summed E-state index contributed by atoms with van der Waals surface area (Å²) in [5, 5.41) is 21.8. The van der Waals surface area contributed by atoms with Crippen LogP contribution in [0.25, 0.3) is 0 Å². The SMILES string of the molecule is Cc1ccc(C(C)(O)CNC(=O)C(C)Oc2ccc(C#N)cc2)o1. The van der Waals surface area contributed by atoms with Crippen molar-refractivity contribution >= 4 is 5.91 Å². The highest BCUT2D eigenvalue weighted by Crippen LogP contribution is 2.22.